The third kappa shape index (κ3) is 9.37. The molecule has 0 radical (unpaired) electrons. The molecular formula is C20H28N2O5. The summed E-state index contributed by atoms with van der Waals surface area (Å²) in [5, 5.41) is 8.93. The number of carboxylic acids is 1. The molecule has 0 aliphatic rings. The number of amides is 1. The van der Waals surface area contributed by atoms with Crippen LogP contribution in [0.4, 0.5) is 5.69 Å². The largest absolute Gasteiger partial charge is 0.480 e. The summed E-state index contributed by atoms with van der Waals surface area (Å²) in [6.07, 6.45) is 1.10. The molecule has 1 amide bonds. The number of ether oxygens (including phenoxy) is 1. The summed E-state index contributed by atoms with van der Waals surface area (Å²) < 4.78 is 4.83. The van der Waals surface area contributed by atoms with Gasteiger partial charge < -0.3 is 14.7 Å². The van der Waals surface area contributed by atoms with Crippen molar-refractivity contribution < 1.29 is 24.2 Å². The number of carbonyl (C=O) groups is 3. The fourth-order valence-electron chi connectivity index (χ4n) is 1.78. The van der Waals surface area contributed by atoms with Crippen LogP contribution in [-0.2, 0) is 19.1 Å². The Balaban J connectivity index is 0.000000541. The molecule has 148 valence electrons. The van der Waals surface area contributed by atoms with Gasteiger partial charge in [0.2, 0.25) is 0 Å². The Morgan fingerprint density at radius 2 is 1.78 bits per heavy atom. The van der Waals surface area contributed by atoms with E-state index in [-0.39, 0.29) is 5.97 Å². The number of esters is 1. The van der Waals surface area contributed by atoms with E-state index in [1.54, 1.807) is 37.3 Å². The standard InChI is InChI=1S/C12H13NO3.C8H15NO2/c1-3-11(14)13(9(2)12(15)16)10-7-5-4-6-8-10;1-7(2)8(10)11-6-5-9(3)4/h3-9H,1H2,2H3,(H,15,16);1,5-6H2,2-4H3. The molecule has 1 rings (SSSR count). The van der Waals surface area contributed by atoms with Crippen molar-refractivity contribution in [1.82, 2.24) is 4.90 Å². The SMILES string of the molecule is C=C(C)C(=O)OCCN(C)C.C=CC(=O)N(c1ccccc1)C(C)C(=O)O. The second kappa shape index (κ2) is 12.4. The van der Waals surface area contributed by atoms with Crippen molar-refractivity contribution in [2.75, 3.05) is 32.1 Å². The molecule has 0 bridgehead atoms. The summed E-state index contributed by atoms with van der Waals surface area (Å²) in [4.78, 5) is 36.4. The lowest BCUT2D eigenvalue weighted by Gasteiger charge is -2.25. The lowest BCUT2D eigenvalue weighted by molar-refractivity contribution is -0.140. The second-order valence-electron chi connectivity index (χ2n) is 5.98. The van der Waals surface area contributed by atoms with Gasteiger partial charge in [-0.25, -0.2) is 9.59 Å². The molecule has 0 aliphatic carbocycles. The summed E-state index contributed by atoms with van der Waals surface area (Å²) in [7, 11) is 3.85. The Morgan fingerprint density at radius 1 is 1.22 bits per heavy atom. The van der Waals surface area contributed by atoms with Gasteiger partial charge in [-0.3, -0.25) is 9.69 Å². The minimum atomic E-state index is -1.06. The Kier molecular flexibility index (Phi) is 11.1. The van der Waals surface area contributed by atoms with Gasteiger partial charge in [0.1, 0.15) is 12.6 Å². The van der Waals surface area contributed by atoms with Crippen molar-refractivity contribution in [1.29, 1.82) is 0 Å². The zero-order valence-corrected chi connectivity index (χ0v) is 16.3. The third-order valence-corrected chi connectivity index (χ3v) is 3.31. The van der Waals surface area contributed by atoms with E-state index in [4.69, 9.17) is 9.84 Å². The first-order valence-electron chi connectivity index (χ1n) is 8.32. The molecule has 1 unspecified atom stereocenters. The molecule has 0 fully saturated rings. The quantitative estimate of drug-likeness (QED) is 0.554. The number of para-hydroxylation sites is 1. The summed E-state index contributed by atoms with van der Waals surface area (Å²) in [5.74, 6) is -1.80. The van der Waals surface area contributed by atoms with Crippen LogP contribution in [0.5, 0.6) is 0 Å². The van der Waals surface area contributed by atoms with Gasteiger partial charge in [0, 0.05) is 17.8 Å². The maximum Gasteiger partial charge on any atom is 0.333 e. The number of anilines is 1. The van der Waals surface area contributed by atoms with Crippen molar-refractivity contribution in [2.24, 2.45) is 0 Å². The number of benzene rings is 1. The van der Waals surface area contributed by atoms with Gasteiger partial charge in [-0.05, 0) is 46.2 Å². The molecule has 0 saturated heterocycles. The Morgan fingerprint density at radius 3 is 2.19 bits per heavy atom. The van der Waals surface area contributed by atoms with Crippen LogP contribution in [0.25, 0.3) is 0 Å². The predicted molar refractivity (Wildman–Crippen MR) is 106 cm³/mol. The van der Waals surface area contributed by atoms with E-state index in [9.17, 15) is 14.4 Å². The highest BCUT2D eigenvalue weighted by molar-refractivity contribution is 6.04. The number of rotatable bonds is 8. The first kappa shape index (κ1) is 24.1. The highest BCUT2D eigenvalue weighted by Crippen LogP contribution is 2.17. The van der Waals surface area contributed by atoms with Crippen molar-refractivity contribution in [2.45, 2.75) is 19.9 Å². The van der Waals surface area contributed by atoms with E-state index in [0.29, 0.717) is 17.9 Å². The van der Waals surface area contributed by atoms with E-state index in [2.05, 4.69) is 13.2 Å². The van der Waals surface area contributed by atoms with Gasteiger partial charge in [-0.1, -0.05) is 31.4 Å². The number of hydrogen-bond acceptors (Lipinski definition) is 5. The first-order valence-corrected chi connectivity index (χ1v) is 8.32. The third-order valence-electron chi connectivity index (χ3n) is 3.31. The van der Waals surface area contributed by atoms with Gasteiger partial charge in [0.15, 0.2) is 0 Å². The van der Waals surface area contributed by atoms with Gasteiger partial charge in [-0.2, -0.15) is 0 Å². The van der Waals surface area contributed by atoms with Crippen molar-refractivity contribution >= 4 is 23.5 Å². The fourth-order valence-corrected chi connectivity index (χ4v) is 1.78. The fraction of sp³-hybridized carbons (Fsp3) is 0.350. The van der Waals surface area contributed by atoms with Crippen LogP contribution >= 0.6 is 0 Å². The summed E-state index contributed by atoms with van der Waals surface area (Å²) >= 11 is 0. The first-order chi connectivity index (χ1) is 12.6. The predicted octanol–water partition coefficient (Wildman–Crippen LogP) is 2.35. The van der Waals surface area contributed by atoms with Crippen molar-refractivity contribution in [3.63, 3.8) is 0 Å². The van der Waals surface area contributed by atoms with Crippen LogP contribution in [0.3, 0.4) is 0 Å². The molecule has 7 nitrogen and oxygen atoms in total. The van der Waals surface area contributed by atoms with E-state index in [1.807, 2.05) is 19.0 Å². The van der Waals surface area contributed by atoms with Gasteiger partial charge in [0.25, 0.3) is 5.91 Å². The van der Waals surface area contributed by atoms with Crippen LogP contribution in [0.1, 0.15) is 13.8 Å². The van der Waals surface area contributed by atoms with Crippen molar-refractivity contribution in [3.05, 3.63) is 55.1 Å². The van der Waals surface area contributed by atoms with Gasteiger partial charge >= 0.3 is 11.9 Å². The average Bonchev–Trinajstić information content (AvgIpc) is 2.62. The molecule has 0 aromatic heterocycles. The van der Waals surface area contributed by atoms with Crippen molar-refractivity contribution in [3.8, 4) is 0 Å². The molecule has 1 aromatic rings. The molecule has 1 atom stereocenters. The lowest BCUT2D eigenvalue weighted by Crippen LogP contribution is -2.42. The molecule has 0 heterocycles. The molecule has 0 saturated carbocycles. The van der Waals surface area contributed by atoms with Crippen LogP contribution in [0, 0.1) is 0 Å². The molecule has 0 aliphatic heterocycles. The van der Waals surface area contributed by atoms with Crippen LogP contribution in [0.15, 0.2) is 55.1 Å². The molecule has 7 heteroatoms. The maximum atomic E-state index is 11.6. The number of likely N-dealkylation sites (N-methyl/N-ethyl adjacent to an activating group) is 1. The Bertz CT molecular complexity index is 656. The highest BCUT2D eigenvalue weighted by atomic mass is 16.5. The van der Waals surface area contributed by atoms with E-state index in [0.717, 1.165) is 12.6 Å². The summed E-state index contributed by atoms with van der Waals surface area (Å²) in [6, 6.07) is 7.72. The van der Waals surface area contributed by atoms with Crippen LogP contribution in [0.2, 0.25) is 0 Å². The Labute approximate surface area is 160 Å². The number of carboxylic acid groups (broad SMARTS) is 1. The molecule has 1 N–H and O–H groups in total. The lowest BCUT2D eigenvalue weighted by atomic mass is 10.2. The number of aliphatic carboxylic acids is 1. The second-order valence-corrected chi connectivity index (χ2v) is 5.98. The highest BCUT2D eigenvalue weighted by Gasteiger charge is 2.25. The minimum Gasteiger partial charge on any atom is -0.480 e. The molecule has 1 aromatic carbocycles. The number of carbonyl (C=O) groups excluding carboxylic acids is 2. The minimum absolute atomic E-state index is 0.313. The normalized spacial score (nSPS) is 10.9. The van der Waals surface area contributed by atoms with E-state index < -0.39 is 17.9 Å². The van der Waals surface area contributed by atoms with Gasteiger partial charge in [0.05, 0.1) is 0 Å². The molecule has 27 heavy (non-hydrogen) atoms. The summed E-state index contributed by atoms with van der Waals surface area (Å²) in [6.45, 7) is 11.1. The zero-order chi connectivity index (χ0) is 21.0. The Hall–Kier alpha value is -2.93. The van der Waals surface area contributed by atoms with E-state index in [1.165, 1.54) is 11.8 Å². The number of nitrogens with zero attached hydrogens (tertiary/aromatic N) is 2. The monoisotopic (exact) mass is 376 g/mol. The van der Waals surface area contributed by atoms with Gasteiger partial charge in [-0.15, -0.1) is 0 Å². The summed E-state index contributed by atoms with van der Waals surface area (Å²) in [5.41, 5.74) is 0.992. The zero-order valence-electron chi connectivity index (χ0n) is 16.3. The molecular weight excluding hydrogens is 348 g/mol. The maximum absolute atomic E-state index is 11.6. The van der Waals surface area contributed by atoms with E-state index >= 15 is 0 Å². The molecule has 0 spiro atoms. The average molecular weight is 376 g/mol. The smallest absolute Gasteiger partial charge is 0.333 e. The number of hydrogen-bond donors (Lipinski definition) is 1. The van der Waals surface area contributed by atoms with Crippen LogP contribution in [-0.4, -0.2) is 61.1 Å². The van der Waals surface area contributed by atoms with Crippen LogP contribution < -0.4 is 4.90 Å². The topological polar surface area (TPSA) is 87.2 Å².